The molecule has 0 saturated carbocycles. The molecule has 0 unspecified atom stereocenters. The number of hydrogen-bond acceptors (Lipinski definition) is 3. The Labute approximate surface area is 95.8 Å². The van der Waals surface area contributed by atoms with Gasteiger partial charge in [-0.3, -0.25) is 4.79 Å². The SMILES string of the molecule is NCc1[nH]c(I)cc(=O)c1OC(F)(F)F. The van der Waals surface area contributed by atoms with Gasteiger partial charge in [-0.25, -0.2) is 0 Å². The van der Waals surface area contributed by atoms with Gasteiger partial charge in [-0.05, 0) is 22.6 Å². The molecular weight excluding hydrogens is 328 g/mol. The molecule has 1 aromatic rings. The van der Waals surface area contributed by atoms with Crippen molar-refractivity contribution < 1.29 is 17.9 Å². The molecule has 1 aromatic heterocycles. The summed E-state index contributed by atoms with van der Waals surface area (Å²) in [4.78, 5) is 13.7. The standard InChI is InChI=1S/C7H6F3IN2O2/c8-7(9,10)15-6-3(2-12)13-5(11)1-4(6)14/h1H,2,12H2,(H,13,14). The number of pyridine rings is 1. The minimum Gasteiger partial charge on any atom is -0.400 e. The molecule has 0 aromatic carbocycles. The summed E-state index contributed by atoms with van der Waals surface area (Å²) in [6.45, 7) is -0.239. The van der Waals surface area contributed by atoms with Crippen molar-refractivity contribution >= 4 is 22.6 Å². The minimum absolute atomic E-state index is 0.0794. The molecule has 0 aliphatic heterocycles. The first-order chi connectivity index (χ1) is 6.83. The quantitative estimate of drug-likeness (QED) is 0.634. The largest absolute Gasteiger partial charge is 0.573 e. The van der Waals surface area contributed by atoms with E-state index in [0.717, 1.165) is 6.07 Å². The van der Waals surface area contributed by atoms with Gasteiger partial charge in [0, 0.05) is 12.6 Å². The number of alkyl halides is 3. The summed E-state index contributed by atoms with van der Waals surface area (Å²) in [5.74, 6) is -0.801. The summed E-state index contributed by atoms with van der Waals surface area (Å²) in [5, 5.41) is 0. The number of ether oxygens (including phenoxy) is 1. The van der Waals surface area contributed by atoms with E-state index in [2.05, 4.69) is 9.72 Å². The number of rotatable bonds is 2. The first-order valence-electron chi connectivity index (χ1n) is 3.71. The van der Waals surface area contributed by atoms with E-state index in [0.29, 0.717) is 3.70 Å². The molecule has 4 nitrogen and oxygen atoms in total. The van der Waals surface area contributed by atoms with Gasteiger partial charge < -0.3 is 15.5 Å². The van der Waals surface area contributed by atoms with Crippen molar-refractivity contribution in [2.45, 2.75) is 12.9 Å². The highest BCUT2D eigenvalue weighted by molar-refractivity contribution is 14.1. The molecule has 0 aliphatic rings. The third kappa shape index (κ3) is 3.38. The highest BCUT2D eigenvalue weighted by Gasteiger charge is 2.33. The Kier molecular flexibility index (Phi) is 3.60. The van der Waals surface area contributed by atoms with E-state index in [4.69, 9.17) is 5.73 Å². The maximum Gasteiger partial charge on any atom is 0.573 e. The van der Waals surface area contributed by atoms with Crippen LogP contribution in [-0.2, 0) is 6.54 Å². The van der Waals surface area contributed by atoms with E-state index in [9.17, 15) is 18.0 Å². The van der Waals surface area contributed by atoms with Crippen LogP contribution in [0.3, 0.4) is 0 Å². The van der Waals surface area contributed by atoms with E-state index >= 15 is 0 Å². The Morgan fingerprint density at radius 1 is 1.53 bits per heavy atom. The van der Waals surface area contributed by atoms with Crippen LogP contribution in [0.25, 0.3) is 0 Å². The fourth-order valence-electron chi connectivity index (χ4n) is 0.938. The Balaban J connectivity index is 3.22. The van der Waals surface area contributed by atoms with Gasteiger partial charge in [-0.2, -0.15) is 0 Å². The molecule has 84 valence electrons. The van der Waals surface area contributed by atoms with Crippen LogP contribution < -0.4 is 15.9 Å². The molecule has 0 aliphatic carbocycles. The predicted octanol–water partition coefficient (Wildman–Crippen LogP) is 1.34. The summed E-state index contributed by atoms with van der Waals surface area (Å²) >= 11 is 1.76. The lowest BCUT2D eigenvalue weighted by atomic mass is 10.3. The second kappa shape index (κ2) is 4.39. The van der Waals surface area contributed by atoms with Crippen molar-refractivity contribution in [3.05, 3.63) is 25.7 Å². The maximum absolute atomic E-state index is 11.9. The fourth-order valence-corrected chi connectivity index (χ4v) is 1.55. The van der Waals surface area contributed by atoms with Gasteiger partial charge in [0.1, 0.15) is 0 Å². The fraction of sp³-hybridized carbons (Fsp3) is 0.286. The molecule has 0 saturated heterocycles. The number of hydrogen-bond donors (Lipinski definition) is 2. The number of aromatic amines is 1. The zero-order chi connectivity index (χ0) is 11.6. The summed E-state index contributed by atoms with van der Waals surface area (Å²) in [7, 11) is 0. The number of halogens is 4. The molecule has 15 heavy (non-hydrogen) atoms. The maximum atomic E-state index is 11.9. The van der Waals surface area contributed by atoms with Crippen molar-refractivity contribution in [2.24, 2.45) is 5.73 Å². The van der Waals surface area contributed by atoms with E-state index in [1.165, 1.54) is 0 Å². The Morgan fingerprint density at radius 2 is 2.13 bits per heavy atom. The highest BCUT2D eigenvalue weighted by atomic mass is 127. The first-order valence-corrected chi connectivity index (χ1v) is 4.79. The summed E-state index contributed by atoms with van der Waals surface area (Å²) in [6, 6.07) is 1.00. The van der Waals surface area contributed by atoms with Crippen molar-refractivity contribution in [3.63, 3.8) is 0 Å². The van der Waals surface area contributed by atoms with E-state index in [-0.39, 0.29) is 12.2 Å². The average Bonchev–Trinajstić information content (AvgIpc) is 2.07. The van der Waals surface area contributed by atoms with Crippen LogP contribution in [0, 0.1) is 3.70 Å². The van der Waals surface area contributed by atoms with Gasteiger partial charge in [-0.1, -0.05) is 0 Å². The third-order valence-electron chi connectivity index (χ3n) is 1.45. The van der Waals surface area contributed by atoms with Gasteiger partial charge in [-0.15, -0.1) is 13.2 Å². The summed E-state index contributed by atoms with van der Waals surface area (Å²) in [5.41, 5.74) is 4.26. The van der Waals surface area contributed by atoms with Crippen LogP contribution in [0.5, 0.6) is 5.75 Å². The lowest BCUT2D eigenvalue weighted by Crippen LogP contribution is -2.24. The summed E-state index contributed by atoms with van der Waals surface area (Å²) in [6.07, 6.45) is -4.90. The zero-order valence-corrected chi connectivity index (χ0v) is 9.35. The molecule has 0 bridgehead atoms. The molecule has 8 heteroatoms. The average molecular weight is 334 g/mol. The Hall–Kier alpha value is -0.770. The minimum atomic E-state index is -4.90. The van der Waals surface area contributed by atoms with Crippen molar-refractivity contribution in [1.82, 2.24) is 4.98 Å². The lowest BCUT2D eigenvalue weighted by molar-refractivity contribution is -0.275. The Morgan fingerprint density at radius 3 is 2.60 bits per heavy atom. The number of aromatic nitrogens is 1. The summed E-state index contributed by atoms with van der Waals surface area (Å²) < 4.78 is 39.7. The molecular formula is C7H6F3IN2O2. The molecule has 0 atom stereocenters. The third-order valence-corrected chi connectivity index (χ3v) is 2.03. The lowest BCUT2D eigenvalue weighted by Gasteiger charge is -2.11. The Bertz CT molecular complexity index is 416. The molecule has 0 fully saturated rings. The van der Waals surface area contributed by atoms with Crippen LogP contribution in [0.15, 0.2) is 10.9 Å². The van der Waals surface area contributed by atoms with Crippen LogP contribution in [0.1, 0.15) is 5.69 Å². The number of nitrogens with one attached hydrogen (secondary N) is 1. The predicted molar refractivity (Wildman–Crippen MR) is 54.4 cm³/mol. The van der Waals surface area contributed by atoms with Gasteiger partial charge in [0.05, 0.1) is 9.39 Å². The second-order valence-corrected chi connectivity index (χ2v) is 3.70. The van der Waals surface area contributed by atoms with Crippen LogP contribution in [0.4, 0.5) is 13.2 Å². The smallest absolute Gasteiger partial charge is 0.400 e. The van der Waals surface area contributed by atoms with Crippen LogP contribution >= 0.6 is 22.6 Å². The van der Waals surface area contributed by atoms with Gasteiger partial charge >= 0.3 is 6.36 Å². The van der Waals surface area contributed by atoms with E-state index < -0.39 is 17.5 Å². The van der Waals surface area contributed by atoms with E-state index in [1.807, 2.05) is 0 Å². The van der Waals surface area contributed by atoms with Crippen molar-refractivity contribution in [2.75, 3.05) is 0 Å². The van der Waals surface area contributed by atoms with E-state index in [1.54, 1.807) is 22.6 Å². The second-order valence-electron chi connectivity index (χ2n) is 2.54. The van der Waals surface area contributed by atoms with Crippen LogP contribution in [0.2, 0.25) is 0 Å². The number of H-pyrrole nitrogens is 1. The van der Waals surface area contributed by atoms with Gasteiger partial charge in [0.2, 0.25) is 5.43 Å². The molecule has 3 N–H and O–H groups in total. The number of nitrogens with two attached hydrogens (primary N) is 1. The topological polar surface area (TPSA) is 68.1 Å². The molecule has 0 amide bonds. The first kappa shape index (κ1) is 12.3. The van der Waals surface area contributed by atoms with Crippen molar-refractivity contribution in [3.8, 4) is 5.75 Å². The molecule has 1 heterocycles. The molecule has 1 rings (SSSR count). The molecule has 0 radical (unpaired) electrons. The van der Waals surface area contributed by atoms with Gasteiger partial charge in [0.15, 0.2) is 5.75 Å². The normalized spacial score (nSPS) is 11.5. The highest BCUT2D eigenvalue weighted by Crippen LogP contribution is 2.22. The molecule has 0 spiro atoms. The zero-order valence-electron chi connectivity index (χ0n) is 7.19. The van der Waals surface area contributed by atoms with Crippen molar-refractivity contribution in [1.29, 1.82) is 0 Å². The monoisotopic (exact) mass is 334 g/mol. The van der Waals surface area contributed by atoms with Gasteiger partial charge in [0.25, 0.3) is 0 Å². The van der Waals surface area contributed by atoms with Crippen LogP contribution in [-0.4, -0.2) is 11.3 Å².